The second-order valence-electron chi connectivity index (χ2n) is 4.34. The van der Waals surface area contributed by atoms with E-state index >= 15 is 0 Å². The van der Waals surface area contributed by atoms with Crippen LogP contribution in [0.5, 0.6) is 0 Å². The smallest absolute Gasteiger partial charge is 0.303 e. The highest BCUT2D eigenvalue weighted by Crippen LogP contribution is 2.29. The van der Waals surface area contributed by atoms with E-state index in [0.717, 1.165) is 13.0 Å². The van der Waals surface area contributed by atoms with Crippen LogP contribution in [-0.4, -0.2) is 17.6 Å². The molecule has 1 unspecified atom stereocenters. The van der Waals surface area contributed by atoms with Crippen LogP contribution in [0.2, 0.25) is 0 Å². The zero-order valence-corrected chi connectivity index (χ0v) is 9.49. The van der Waals surface area contributed by atoms with E-state index in [0.29, 0.717) is 6.42 Å². The largest absolute Gasteiger partial charge is 0.481 e. The first-order valence-corrected chi connectivity index (χ1v) is 5.72. The first-order valence-electron chi connectivity index (χ1n) is 5.72. The number of aliphatic carboxylic acids is 1. The van der Waals surface area contributed by atoms with Crippen molar-refractivity contribution in [1.82, 2.24) is 5.32 Å². The van der Waals surface area contributed by atoms with Crippen molar-refractivity contribution >= 4 is 5.97 Å². The fourth-order valence-corrected chi connectivity index (χ4v) is 2.46. The highest BCUT2D eigenvalue weighted by atomic mass is 16.4. The van der Waals surface area contributed by atoms with E-state index in [1.165, 1.54) is 16.7 Å². The van der Waals surface area contributed by atoms with Crippen molar-refractivity contribution in [2.24, 2.45) is 0 Å². The Morgan fingerprint density at radius 1 is 1.56 bits per heavy atom. The Hall–Kier alpha value is -1.35. The molecule has 1 aliphatic rings. The van der Waals surface area contributed by atoms with E-state index in [1.54, 1.807) is 0 Å². The van der Waals surface area contributed by atoms with Gasteiger partial charge in [0.05, 0.1) is 0 Å². The van der Waals surface area contributed by atoms with Gasteiger partial charge in [0.1, 0.15) is 0 Å². The molecule has 0 aliphatic carbocycles. The van der Waals surface area contributed by atoms with E-state index < -0.39 is 5.97 Å². The lowest BCUT2D eigenvalue weighted by atomic mass is 9.88. The number of benzene rings is 1. The van der Waals surface area contributed by atoms with Crippen LogP contribution in [0, 0.1) is 6.92 Å². The molecule has 2 rings (SSSR count). The maximum absolute atomic E-state index is 10.6. The number of carboxylic acid groups (broad SMARTS) is 1. The van der Waals surface area contributed by atoms with Crippen molar-refractivity contribution < 1.29 is 9.90 Å². The van der Waals surface area contributed by atoms with Crippen LogP contribution in [-0.2, 0) is 11.2 Å². The van der Waals surface area contributed by atoms with E-state index in [2.05, 4.69) is 30.4 Å². The van der Waals surface area contributed by atoms with Crippen LogP contribution in [0.1, 0.15) is 35.6 Å². The number of aryl methyl sites for hydroxylation is 1. The van der Waals surface area contributed by atoms with Crippen LogP contribution in [0.15, 0.2) is 18.2 Å². The van der Waals surface area contributed by atoms with Gasteiger partial charge in [-0.3, -0.25) is 4.79 Å². The number of carboxylic acids is 1. The van der Waals surface area contributed by atoms with Crippen LogP contribution in [0.3, 0.4) is 0 Å². The summed E-state index contributed by atoms with van der Waals surface area (Å²) < 4.78 is 0. The summed E-state index contributed by atoms with van der Waals surface area (Å²) in [5, 5.41) is 12.1. The molecule has 3 nitrogen and oxygen atoms in total. The van der Waals surface area contributed by atoms with Crippen molar-refractivity contribution in [3.63, 3.8) is 0 Å². The monoisotopic (exact) mass is 219 g/mol. The fraction of sp³-hybridized carbons (Fsp3) is 0.462. The zero-order valence-electron chi connectivity index (χ0n) is 9.49. The standard InChI is InChI=1S/C13H17NO2/c1-9-3-2-4-10-7-8-14-11(13(9)10)5-6-12(15)16/h2-4,11,14H,5-8H2,1H3,(H,15,16). The Morgan fingerprint density at radius 3 is 3.12 bits per heavy atom. The molecule has 2 N–H and O–H groups in total. The van der Waals surface area contributed by atoms with Crippen molar-refractivity contribution in [3.05, 3.63) is 34.9 Å². The highest BCUT2D eigenvalue weighted by molar-refractivity contribution is 5.66. The lowest BCUT2D eigenvalue weighted by Gasteiger charge is -2.28. The van der Waals surface area contributed by atoms with Gasteiger partial charge in [0, 0.05) is 12.5 Å². The summed E-state index contributed by atoms with van der Waals surface area (Å²) in [5.74, 6) is -0.720. The Kier molecular flexibility index (Phi) is 3.25. The molecule has 1 aromatic rings. The average Bonchev–Trinajstić information content (AvgIpc) is 2.26. The molecule has 1 atom stereocenters. The van der Waals surface area contributed by atoms with Crippen molar-refractivity contribution in [1.29, 1.82) is 0 Å². The molecule has 86 valence electrons. The quantitative estimate of drug-likeness (QED) is 0.818. The molecule has 16 heavy (non-hydrogen) atoms. The molecule has 0 aromatic heterocycles. The lowest BCUT2D eigenvalue weighted by Crippen LogP contribution is -2.30. The first-order chi connectivity index (χ1) is 7.68. The Morgan fingerprint density at radius 2 is 2.38 bits per heavy atom. The molecule has 0 fully saturated rings. The maximum Gasteiger partial charge on any atom is 0.303 e. The molecular weight excluding hydrogens is 202 g/mol. The minimum atomic E-state index is -0.720. The second-order valence-corrected chi connectivity index (χ2v) is 4.34. The van der Waals surface area contributed by atoms with E-state index in [1.807, 2.05) is 0 Å². The lowest BCUT2D eigenvalue weighted by molar-refractivity contribution is -0.137. The predicted octanol–water partition coefficient (Wildman–Crippen LogP) is 2.05. The van der Waals surface area contributed by atoms with Gasteiger partial charge in [-0.1, -0.05) is 18.2 Å². The maximum atomic E-state index is 10.6. The summed E-state index contributed by atoms with van der Waals surface area (Å²) in [7, 11) is 0. The molecule has 0 saturated heterocycles. The van der Waals surface area contributed by atoms with Gasteiger partial charge < -0.3 is 10.4 Å². The third-order valence-electron chi connectivity index (χ3n) is 3.19. The number of hydrogen-bond donors (Lipinski definition) is 2. The number of nitrogens with one attached hydrogen (secondary N) is 1. The second kappa shape index (κ2) is 4.66. The Bertz CT molecular complexity index is 401. The zero-order chi connectivity index (χ0) is 11.5. The molecular formula is C13H17NO2. The molecule has 0 spiro atoms. The number of carbonyl (C=O) groups is 1. The predicted molar refractivity (Wildman–Crippen MR) is 62.5 cm³/mol. The molecule has 1 aliphatic heterocycles. The summed E-state index contributed by atoms with van der Waals surface area (Å²) in [5.41, 5.74) is 3.95. The van der Waals surface area contributed by atoms with Gasteiger partial charge in [0.2, 0.25) is 0 Å². The number of fused-ring (bicyclic) bond motifs is 1. The molecule has 0 amide bonds. The molecule has 1 aromatic carbocycles. The van der Waals surface area contributed by atoms with E-state index in [4.69, 9.17) is 5.11 Å². The van der Waals surface area contributed by atoms with E-state index in [-0.39, 0.29) is 12.5 Å². The molecule has 0 bridgehead atoms. The average molecular weight is 219 g/mol. The van der Waals surface area contributed by atoms with Gasteiger partial charge in [0.15, 0.2) is 0 Å². The fourth-order valence-electron chi connectivity index (χ4n) is 2.46. The van der Waals surface area contributed by atoms with Crippen LogP contribution < -0.4 is 5.32 Å². The van der Waals surface area contributed by atoms with Gasteiger partial charge in [0.25, 0.3) is 0 Å². The number of rotatable bonds is 3. The first kappa shape index (κ1) is 11.1. The summed E-state index contributed by atoms with van der Waals surface area (Å²) in [6.07, 6.45) is 1.94. The van der Waals surface area contributed by atoms with Gasteiger partial charge in [-0.25, -0.2) is 0 Å². The van der Waals surface area contributed by atoms with Crippen LogP contribution in [0.4, 0.5) is 0 Å². The van der Waals surface area contributed by atoms with Gasteiger partial charge >= 0.3 is 5.97 Å². The van der Waals surface area contributed by atoms with E-state index in [9.17, 15) is 4.79 Å². The highest BCUT2D eigenvalue weighted by Gasteiger charge is 2.21. The summed E-state index contributed by atoms with van der Waals surface area (Å²) in [6.45, 7) is 3.04. The molecule has 0 radical (unpaired) electrons. The molecule has 3 heteroatoms. The Labute approximate surface area is 95.5 Å². The summed E-state index contributed by atoms with van der Waals surface area (Å²) in [4.78, 5) is 10.6. The number of hydrogen-bond acceptors (Lipinski definition) is 2. The Balaban J connectivity index is 2.21. The molecule has 0 saturated carbocycles. The summed E-state index contributed by atoms with van der Waals surface area (Å²) in [6, 6.07) is 6.53. The third kappa shape index (κ3) is 2.25. The summed E-state index contributed by atoms with van der Waals surface area (Å²) >= 11 is 0. The topological polar surface area (TPSA) is 49.3 Å². The normalized spacial score (nSPS) is 19.2. The van der Waals surface area contributed by atoms with Crippen LogP contribution >= 0.6 is 0 Å². The minimum absolute atomic E-state index is 0.209. The van der Waals surface area contributed by atoms with Gasteiger partial charge in [-0.15, -0.1) is 0 Å². The van der Waals surface area contributed by atoms with Gasteiger partial charge in [-0.05, 0) is 43.0 Å². The van der Waals surface area contributed by atoms with Crippen LogP contribution in [0.25, 0.3) is 0 Å². The molecule has 1 heterocycles. The van der Waals surface area contributed by atoms with Crippen molar-refractivity contribution in [2.45, 2.75) is 32.2 Å². The third-order valence-corrected chi connectivity index (χ3v) is 3.19. The van der Waals surface area contributed by atoms with Gasteiger partial charge in [-0.2, -0.15) is 0 Å². The minimum Gasteiger partial charge on any atom is -0.481 e. The van der Waals surface area contributed by atoms with Crippen molar-refractivity contribution in [2.75, 3.05) is 6.54 Å². The van der Waals surface area contributed by atoms with Crippen molar-refractivity contribution in [3.8, 4) is 0 Å². The SMILES string of the molecule is Cc1cccc2c1C(CCC(=O)O)NCC2.